The first-order valence-electron chi connectivity index (χ1n) is 7.69. The fourth-order valence-corrected chi connectivity index (χ4v) is 3.18. The number of benzene rings is 1. The van der Waals surface area contributed by atoms with Crippen molar-refractivity contribution in [2.24, 2.45) is 0 Å². The van der Waals surface area contributed by atoms with Gasteiger partial charge in [-0.25, -0.2) is 4.98 Å². The van der Waals surface area contributed by atoms with Crippen LogP contribution in [-0.2, 0) is 6.54 Å². The quantitative estimate of drug-likeness (QED) is 0.672. The molecule has 0 aliphatic carbocycles. The summed E-state index contributed by atoms with van der Waals surface area (Å²) in [5, 5.41) is 0. The second-order valence-corrected chi connectivity index (χ2v) is 5.86. The number of nitrogens with zero attached hydrogens (tertiary/aromatic N) is 5. The molecule has 126 valence electrons. The Morgan fingerprint density at radius 1 is 1.17 bits per heavy atom. The van der Waals surface area contributed by atoms with Crippen molar-refractivity contribution >= 4 is 44.5 Å². The maximum atomic E-state index is 6.12. The van der Waals surface area contributed by atoms with Crippen molar-refractivity contribution in [1.82, 2.24) is 19.5 Å². The first-order chi connectivity index (χ1) is 11.6. The Kier molecular flexibility index (Phi) is 4.57. The van der Waals surface area contributed by atoms with Crippen LogP contribution >= 0.6 is 15.9 Å². The highest BCUT2D eigenvalue weighted by atomic mass is 79.9. The minimum Gasteiger partial charge on any atom is -0.497 e. The molecule has 0 saturated heterocycles. The van der Waals surface area contributed by atoms with Gasteiger partial charge in [0.25, 0.3) is 0 Å². The van der Waals surface area contributed by atoms with E-state index in [1.807, 2.05) is 47.6 Å². The highest BCUT2D eigenvalue weighted by Crippen LogP contribution is 2.29. The number of aromatic nitrogens is 4. The molecule has 2 aromatic heterocycles. The fraction of sp³-hybridized carbons (Fsp3) is 0.312. The molecule has 2 heterocycles. The van der Waals surface area contributed by atoms with Crippen LogP contribution in [0.4, 0.5) is 17.5 Å². The molecular weight excluding hydrogens is 372 g/mol. The summed E-state index contributed by atoms with van der Waals surface area (Å²) in [6, 6.07) is 7.76. The summed E-state index contributed by atoms with van der Waals surface area (Å²) >= 11 is 3.44. The van der Waals surface area contributed by atoms with Gasteiger partial charge in [0.15, 0.2) is 21.7 Å². The lowest BCUT2D eigenvalue weighted by Gasteiger charge is -2.21. The van der Waals surface area contributed by atoms with Gasteiger partial charge in [-0.15, -0.1) is 0 Å². The van der Waals surface area contributed by atoms with E-state index in [1.54, 1.807) is 7.11 Å². The number of nitrogens with two attached hydrogens (primary N) is 1. The van der Waals surface area contributed by atoms with Gasteiger partial charge >= 0.3 is 0 Å². The summed E-state index contributed by atoms with van der Waals surface area (Å²) in [6.07, 6.45) is 0. The van der Waals surface area contributed by atoms with Gasteiger partial charge in [0, 0.05) is 18.8 Å². The number of anilines is 3. The van der Waals surface area contributed by atoms with E-state index in [-0.39, 0.29) is 0 Å². The fourth-order valence-electron chi connectivity index (χ4n) is 2.59. The largest absolute Gasteiger partial charge is 0.497 e. The normalized spacial score (nSPS) is 11.0. The number of aryl methyl sites for hydroxylation is 1. The molecule has 2 N–H and O–H groups in total. The minimum absolute atomic E-state index is 0.370. The zero-order chi connectivity index (χ0) is 17.3. The monoisotopic (exact) mass is 390 g/mol. The first-order valence-corrected chi connectivity index (χ1v) is 8.49. The predicted octanol–water partition coefficient (Wildman–Crippen LogP) is 3.36. The number of rotatable bonds is 5. The van der Waals surface area contributed by atoms with Crippen molar-refractivity contribution < 1.29 is 4.74 Å². The lowest BCUT2D eigenvalue weighted by Crippen LogP contribution is -2.19. The van der Waals surface area contributed by atoms with Crippen molar-refractivity contribution in [2.75, 3.05) is 24.3 Å². The van der Waals surface area contributed by atoms with E-state index >= 15 is 0 Å². The van der Waals surface area contributed by atoms with Gasteiger partial charge in [-0.2, -0.15) is 9.97 Å². The standard InChI is InChI=1S/C16H19BrN6O/c1-4-22(10-6-8-11(24-3)9-7-10)16-20-13(18)12-14(21-16)23(5-2)15(17)19-12/h6-9H,4-5H2,1-3H3,(H2,18,20,21). The molecule has 0 aliphatic heterocycles. The van der Waals surface area contributed by atoms with E-state index in [0.717, 1.165) is 23.6 Å². The number of imidazole rings is 1. The van der Waals surface area contributed by atoms with Gasteiger partial charge in [-0.1, -0.05) is 0 Å². The molecule has 0 bridgehead atoms. The Morgan fingerprint density at radius 3 is 2.46 bits per heavy atom. The number of hydrogen-bond acceptors (Lipinski definition) is 6. The zero-order valence-electron chi connectivity index (χ0n) is 13.8. The van der Waals surface area contributed by atoms with Crippen LogP contribution < -0.4 is 15.4 Å². The summed E-state index contributed by atoms with van der Waals surface area (Å²) in [5.74, 6) is 1.73. The number of nitrogen functional groups attached to an aromatic ring is 1. The Bertz CT molecular complexity index is 861. The highest BCUT2D eigenvalue weighted by Gasteiger charge is 2.18. The third-order valence-electron chi connectivity index (χ3n) is 3.82. The van der Waals surface area contributed by atoms with Crippen molar-refractivity contribution in [1.29, 1.82) is 0 Å². The number of hydrogen-bond donors (Lipinski definition) is 1. The van der Waals surface area contributed by atoms with Crippen LogP contribution in [0.5, 0.6) is 5.75 Å². The molecule has 1 aromatic carbocycles. The third kappa shape index (κ3) is 2.77. The summed E-state index contributed by atoms with van der Waals surface area (Å²) in [4.78, 5) is 15.5. The number of halogens is 1. The molecule has 3 rings (SSSR count). The second kappa shape index (κ2) is 6.64. The van der Waals surface area contributed by atoms with Gasteiger partial charge < -0.3 is 19.9 Å². The molecule has 3 aromatic rings. The van der Waals surface area contributed by atoms with Crippen LogP contribution in [0.2, 0.25) is 0 Å². The summed E-state index contributed by atoms with van der Waals surface area (Å²) in [6.45, 7) is 5.52. The molecule has 24 heavy (non-hydrogen) atoms. The molecule has 0 aliphatic rings. The highest BCUT2D eigenvalue weighted by molar-refractivity contribution is 9.10. The first kappa shape index (κ1) is 16.5. The van der Waals surface area contributed by atoms with Gasteiger partial charge in [-0.05, 0) is 54.0 Å². The predicted molar refractivity (Wildman–Crippen MR) is 98.8 cm³/mol. The van der Waals surface area contributed by atoms with Crippen LogP contribution in [-0.4, -0.2) is 33.2 Å². The molecule has 8 heteroatoms. The third-order valence-corrected chi connectivity index (χ3v) is 4.43. The molecule has 0 atom stereocenters. The van der Waals surface area contributed by atoms with Crippen molar-refractivity contribution in [3.8, 4) is 5.75 Å². The number of fused-ring (bicyclic) bond motifs is 1. The lowest BCUT2D eigenvalue weighted by atomic mass is 10.3. The van der Waals surface area contributed by atoms with E-state index in [4.69, 9.17) is 15.5 Å². The van der Waals surface area contributed by atoms with Crippen LogP contribution in [0.3, 0.4) is 0 Å². The molecule has 0 unspecified atom stereocenters. The number of ether oxygens (including phenoxy) is 1. The molecule has 0 radical (unpaired) electrons. The van der Waals surface area contributed by atoms with Gasteiger partial charge in [-0.3, -0.25) is 0 Å². The Balaban J connectivity index is 2.11. The minimum atomic E-state index is 0.370. The maximum absolute atomic E-state index is 6.12. The molecule has 0 spiro atoms. The SMILES string of the molecule is CCN(c1ccc(OC)cc1)c1nc(N)c2nc(Br)n(CC)c2n1. The maximum Gasteiger partial charge on any atom is 0.233 e. The van der Waals surface area contributed by atoms with Crippen molar-refractivity contribution in [2.45, 2.75) is 20.4 Å². The molecule has 0 fully saturated rings. The Morgan fingerprint density at radius 2 is 1.88 bits per heavy atom. The van der Waals surface area contributed by atoms with Gasteiger partial charge in [0.05, 0.1) is 7.11 Å². The van der Waals surface area contributed by atoms with Gasteiger partial charge in [0.1, 0.15) is 5.75 Å². The summed E-state index contributed by atoms with van der Waals surface area (Å²) in [7, 11) is 1.65. The molecule has 0 amide bonds. The van der Waals surface area contributed by atoms with Crippen molar-refractivity contribution in [3.05, 3.63) is 29.0 Å². The second-order valence-electron chi connectivity index (χ2n) is 5.15. The van der Waals surface area contributed by atoms with E-state index < -0.39 is 0 Å². The summed E-state index contributed by atoms with van der Waals surface area (Å²) < 4.78 is 7.87. The Labute approximate surface area is 148 Å². The summed E-state index contributed by atoms with van der Waals surface area (Å²) in [5.41, 5.74) is 8.42. The topological polar surface area (TPSA) is 82.1 Å². The smallest absolute Gasteiger partial charge is 0.233 e. The zero-order valence-corrected chi connectivity index (χ0v) is 15.4. The van der Waals surface area contributed by atoms with Gasteiger partial charge in [0.2, 0.25) is 5.95 Å². The van der Waals surface area contributed by atoms with E-state index in [9.17, 15) is 0 Å². The number of methoxy groups -OCH3 is 1. The van der Waals surface area contributed by atoms with Crippen LogP contribution in [0.25, 0.3) is 11.2 Å². The van der Waals surface area contributed by atoms with Crippen LogP contribution in [0, 0.1) is 0 Å². The van der Waals surface area contributed by atoms with Crippen LogP contribution in [0.15, 0.2) is 29.0 Å². The average Bonchev–Trinajstić information content (AvgIpc) is 2.92. The molecular formula is C16H19BrN6O. The average molecular weight is 391 g/mol. The van der Waals surface area contributed by atoms with E-state index in [1.165, 1.54) is 0 Å². The van der Waals surface area contributed by atoms with E-state index in [2.05, 4.69) is 25.9 Å². The lowest BCUT2D eigenvalue weighted by molar-refractivity contribution is 0.415. The molecule has 7 nitrogen and oxygen atoms in total. The van der Waals surface area contributed by atoms with Crippen LogP contribution in [0.1, 0.15) is 13.8 Å². The van der Waals surface area contributed by atoms with E-state index in [0.29, 0.717) is 28.6 Å². The molecule has 0 saturated carbocycles. The van der Waals surface area contributed by atoms with Crippen molar-refractivity contribution in [3.63, 3.8) is 0 Å². The Hall–Kier alpha value is -2.35.